The van der Waals surface area contributed by atoms with E-state index >= 15 is 0 Å². The summed E-state index contributed by atoms with van der Waals surface area (Å²) in [5.74, 6) is 1.38. The van der Waals surface area contributed by atoms with Crippen LogP contribution in [0.4, 0.5) is 0 Å². The zero-order valence-electron chi connectivity index (χ0n) is 14.0. The first-order valence-corrected chi connectivity index (χ1v) is 8.55. The van der Waals surface area contributed by atoms with E-state index < -0.39 is 0 Å². The zero-order valence-corrected chi connectivity index (χ0v) is 14.0. The number of rotatable bonds is 2. The van der Waals surface area contributed by atoms with Gasteiger partial charge in [0.2, 0.25) is 0 Å². The van der Waals surface area contributed by atoms with E-state index in [0.717, 1.165) is 16.5 Å². The van der Waals surface area contributed by atoms with Crippen molar-refractivity contribution in [3.05, 3.63) is 91.3 Å². The maximum atomic E-state index is 4.75. The minimum absolute atomic E-state index is 0.688. The van der Waals surface area contributed by atoms with Gasteiger partial charge in [-0.25, -0.2) is 15.0 Å². The molecule has 0 radical (unpaired) electrons. The van der Waals surface area contributed by atoms with Crippen molar-refractivity contribution >= 4 is 21.5 Å². The van der Waals surface area contributed by atoms with Gasteiger partial charge in [0.15, 0.2) is 11.6 Å². The molecule has 1 heterocycles. The summed E-state index contributed by atoms with van der Waals surface area (Å²) >= 11 is 0. The Morgan fingerprint density at radius 3 is 2.04 bits per heavy atom. The Kier molecular flexibility index (Phi) is 3.42. The van der Waals surface area contributed by atoms with Gasteiger partial charge in [0, 0.05) is 11.1 Å². The molecule has 0 saturated heterocycles. The maximum Gasteiger partial charge on any atom is 0.164 e. The first-order valence-electron chi connectivity index (χ1n) is 8.55. The van der Waals surface area contributed by atoms with Gasteiger partial charge in [0.25, 0.3) is 0 Å². The van der Waals surface area contributed by atoms with E-state index in [1.165, 1.54) is 16.2 Å². The topological polar surface area (TPSA) is 38.7 Å². The summed E-state index contributed by atoms with van der Waals surface area (Å²) < 4.78 is 0. The number of fused-ring (bicyclic) bond motifs is 3. The Bertz CT molecular complexity index is 1230. The van der Waals surface area contributed by atoms with E-state index in [2.05, 4.69) is 64.6 Å². The molecule has 3 heteroatoms. The lowest BCUT2D eigenvalue weighted by molar-refractivity contribution is 1.07. The average molecular weight is 333 g/mol. The van der Waals surface area contributed by atoms with Crippen molar-refractivity contribution in [2.24, 2.45) is 0 Å². The number of nitrogens with zero attached hydrogens (tertiary/aromatic N) is 3. The zero-order chi connectivity index (χ0) is 17.3. The molecule has 3 nitrogen and oxygen atoms in total. The summed E-state index contributed by atoms with van der Waals surface area (Å²) in [5, 5.41) is 4.78. The number of aromatic nitrogens is 3. The lowest BCUT2D eigenvalue weighted by Crippen LogP contribution is -1.96. The Balaban J connectivity index is 1.79. The maximum absolute atomic E-state index is 4.75. The minimum atomic E-state index is 0.688. The van der Waals surface area contributed by atoms with Gasteiger partial charge in [0.1, 0.15) is 6.33 Å². The van der Waals surface area contributed by atoms with E-state index in [9.17, 15) is 0 Å². The van der Waals surface area contributed by atoms with Gasteiger partial charge in [-0.05, 0) is 27.6 Å². The highest BCUT2D eigenvalue weighted by Crippen LogP contribution is 2.33. The second kappa shape index (κ2) is 6.05. The molecule has 122 valence electrons. The molecule has 5 rings (SSSR count). The van der Waals surface area contributed by atoms with Gasteiger partial charge in [-0.1, -0.05) is 78.9 Å². The van der Waals surface area contributed by atoms with Crippen molar-refractivity contribution in [2.45, 2.75) is 0 Å². The highest BCUT2D eigenvalue weighted by Gasteiger charge is 2.11. The second-order valence-electron chi connectivity index (χ2n) is 6.19. The molecule has 0 saturated carbocycles. The average Bonchev–Trinajstić information content (AvgIpc) is 2.74. The Morgan fingerprint density at radius 1 is 0.538 bits per heavy atom. The third kappa shape index (κ3) is 2.42. The standard InChI is InChI=1S/C23H15N3/c1-2-8-16(9-3-1)22-24-15-25-23(26-22)21-14-17-10-4-5-11-18(17)19-12-6-7-13-20(19)21/h1-15H. The largest absolute Gasteiger partial charge is 0.217 e. The van der Waals surface area contributed by atoms with Crippen molar-refractivity contribution in [3.8, 4) is 22.8 Å². The fourth-order valence-electron chi connectivity index (χ4n) is 3.39. The van der Waals surface area contributed by atoms with Crippen molar-refractivity contribution in [1.82, 2.24) is 15.0 Å². The number of hydrogen-bond donors (Lipinski definition) is 0. The first-order chi connectivity index (χ1) is 12.9. The summed E-state index contributed by atoms with van der Waals surface area (Å²) in [4.78, 5) is 13.6. The predicted octanol–water partition coefficient (Wildman–Crippen LogP) is 5.51. The van der Waals surface area contributed by atoms with Crippen molar-refractivity contribution in [3.63, 3.8) is 0 Å². The van der Waals surface area contributed by atoms with E-state index in [1.54, 1.807) is 6.33 Å². The molecule has 0 N–H and O–H groups in total. The molecular formula is C23H15N3. The number of hydrogen-bond acceptors (Lipinski definition) is 3. The summed E-state index contributed by atoms with van der Waals surface area (Å²) in [6, 6.07) is 29.0. The van der Waals surface area contributed by atoms with Crippen LogP contribution in [0.25, 0.3) is 44.3 Å². The van der Waals surface area contributed by atoms with Crippen LogP contribution >= 0.6 is 0 Å². The molecule has 0 aliphatic rings. The quantitative estimate of drug-likeness (QED) is 0.400. The molecule has 1 aromatic heterocycles. The van der Waals surface area contributed by atoms with Gasteiger partial charge in [0.05, 0.1) is 0 Å². The fourth-order valence-corrected chi connectivity index (χ4v) is 3.39. The van der Waals surface area contributed by atoms with Crippen LogP contribution in [0.5, 0.6) is 0 Å². The smallest absolute Gasteiger partial charge is 0.164 e. The van der Waals surface area contributed by atoms with E-state index in [-0.39, 0.29) is 0 Å². The summed E-state index contributed by atoms with van der Waals surface area (Å²) in [6.45, 7) is 0. The molecule has 4 aromatic carbocycles. The van der Waals surface area contributed by atoms with Gasteiger partial charge < -0.3 is 0 Å². The molecule has 0 bridgehead atoms. The van der Waals surface area contributed by atoms with Crippen LogP contribution in [0, 0.1) is 0 Å². The molecule has 0 aliphatic carbocycles. The lowest BCUT2D eigenvalue weighted by Gasteiger charge is -2.10. The van der Waals surface area contributed by atoms with Gasteiger partial charge >= 0.3 is 0 Å². The highest BCUT2D eigenvalue weighted by atomic mass is 15.0. The fraction of sp³-hybridized carbons (Fsp3) is 0. The molecule has 0 unspecified atom stereocenters. The Labute approximate surface area is 151 Å². The monoisotopic (exact) mass is 333 g/mol. The number of benzene rings is 4. The van der Waals surface area contributed by atoms with Crippen LogP contribution in [-0.4, -0.2) is 15.0 Å². The van der Waals surface area contributed by atoms with Crippen molar-refractivity contribution in [2.75, 3.05) is 0 Å². The molecule has 0 atom stereocenters. The van der Waals surface area contributed by atoms with Gasteiger partial charge in [-0.15, -0.1) is 0 Å². The van der Waals surface area contributed by atoms with Crippen LogP contribution in [0.1, 0.15) is 0 Å². The normalized spacial score (nSPS) is 11.1. The van der Waals surface area contributed by atoms with Gasteiger partial charge in [-0.3, -0.25) is 0 Å². The van der Waals surface area contributed by atoms with E-state index in [0.29, 0.717) is 11.6 Å². The predicted molar refractivity (Wildman–Crippen MR) is 106 cm³/mol. The third-order valence-electron chi connectivity index (χ3n) is 4.61. The van der Waals surface area contributed by atoms with Crippen LogP contribution in [0.15, 0.2) is 91.3 Å². The van der Waals surface area contributed by atoms with E-state index in [1.807, 2.05) is 30.3 Å². The van der Waals surface area contributed by atoms with Crippen molar-refractivity contribution < 1.29 is 0 Å². The molecular weight excluding hydrogens is 318 g/mol. The molecule has 0 fully saturated rings. The summed E-state index contributed by atoms with van der Waals surface area (Å²) in [6.07, 6.45) is 1.59. The summed E-state index contributed by atoms with van der Waals surface area (Å²) in [7, 11) is 0. The molecule has 0 aliphatic heterocycles. The SMILES string of the molecule is c1ccc(-c2ncnc(-c3cc4ccccc4c4ccccc34)n2)cc1. The van der Waals surface area contributed by atoms with Crippen LogP contribution < -0.4 is 0 Å². The molecule has 26 heavy (non-hydrogen) atoms. The third-order valence-corrected chi connectivity index (χ3v) is 4.61. The van der Waals surface area contributed by atoms with Crippen molar-refractivity contribution in [1.29, 1.82) is 0 Å². The Hall–Kier alpha value is -3.59. The Morgan fingerprint density at radius 2 is 1.19 bits per heavy atom. The second-order valence-corrected chi connectivity index (χ2v) is 6.19. The van der Waals surface area contributed by atoms with Crippen LogP contribution in [0.2, 0.25) is 0 Å². The first kappa shape index (κ1) is 14.7. The molecule has 5 aromatic rings. The van der Waals surface area contributed by atoms with Crippen LogP contribution in [-0.2, 0) is 0 Å². The van der Waals surface area contributed by atoms with Crippen LogP contribution in [0.3, 0.4) is 0 Å². The van der Waals surface area contributed by atoms with Gasteiger partial charge in [-0.2, -0.15) is 0 Å². The summed E-state index contributed by atoms with van der Waals surface area (Å²) in [5.41, 5.74) is 2.01. The minimum Gasteiger partial charge on any atom is -0.217 e. The molecule has 0 spiro atoms. The molecule has 0 amide bonds. The lowest BCUT2D eigenvalue weighted by atomic mass is 9.97. The van der Waals surface area contributed by atoms with E-state index in [4.69, 9.17) is 4.98 Å². The highest BCUT2D eigenvalue weighted by molar-refractivity contribution is 6.13.